The highest BCUT2D eigenvalue weighted by atomic mass is 19.4. The van der Waals surface area contributed by atoms with Crippen LogP contribution >= 0.6 is 0 Å². The number of benzene rings is 1. The van der Waals surface area contributed by atoms with Crippen molar-refractivity contribution in [2.75, 3.05) is 7.05 Å². The van der Waals surface area contributed by atoms with E-state index in [9.17, 15) is 32.7 Å². The minimum absolute atomic E-state index is 0.357. The third kappa shape index (κ3) is 6.00. The lowest BCUT2D eigenvalue weighted by atomic mass is 9.69. The van der Waals surface area contributed by atoms with Gasteiger partial charge in [-0.15, -0.1) is 0 Å². The first-order chi connectivity index (χ1) is 14.1. The zero-order valence-electron chi connectivity index (χ0n) is 16.7. The summed E-state index contributed by atoms with van der Waals surface area (Å²) < 4.78 is 37.8. The van der Waals surface area contributed by atoms with Crippen molar-refractivity contribution in [1.29, 1.82) is 0 Å². The van der Waals surface area contributed by atoms with Gasteiger partial charge in [-0.25, -0.2) is 9.59 Å². The summed E-state index contributed by atoms with van der Waals surface area (Å²) in [6.07, 6.45) is -7.52. The van der Waals surface area contributed by atoms with Crippen molar-refractivity contribution in [2.45, 2.75) is 55.7 Å². The van der Waals surface area contributed by atoms with Crippen LogP contribution in [0.1, 0.15) is 37.3 Å². The van der Waals surface area contributed by atoms with E-state index < -0.39 is 52.8 Å². The van der Waals surface area contributed by atoms with E-state index in [0.717, 1.165) is 12.1 Å². The molecule has 0 aromatic heterocycles. The second-order valence-electron chi connectivity index (χ2n) is 7.25. The van der Waals surface area contributed by atoms with Gasteiger partial charge >= 0.3 is 18.1 Å². The second-order valence-corrected chi connectivity index (χ2v) is 7.25. The molecule has 0 amide bonds. The molecule has 0 heterocycles. The topological polar surface area (TPSA) is 164 Å². The fraction of sp³-hybridized carbons (Fsp3) is 0.526. The standard InChI is InChI=1S/C15H18F3NO2.C4H6O6/c1-13(21)8-3-9-14(19-2,12(13)20)10-4-6-11(7-5-10)15(16,17)18;5-1(3(7)8)2(6)4(9)10/h4-7,19,21H,3,8-9H2,1-2H3;1-2,5-6H,(H,7,8)(H,9,10)/t13-,14+;1-,2-/m01/s1. The molecule has 0 spiro atoms. The lowest BCUT2D eigenvalue weighted by Gasteiger charge is -2.42. The summed E-state index contributed by atoms with van der Waals surface area (Å²) in [4.78, 5) is 32.1. The van der Waals surface area contributed by atoms with E-state index in [2.05, 4.69) is 5.32 Å². The molecule has 6 N–H and O–H groups in total. The van der Waals surface area contributed by atoms with E-state index in [4.69, 9.17) is 20.4 Å². The Hall–Kier alpha value is -2.54. The highest BCUT2D eigenvalue weighted by molar-refractivity contribution is 5.96. The molecule has 31 heavy (non-hydrogen) atoms. The number of carboxylic acids is 2. The molecular weight excluding hydrogens is 427 g/mol. The SMILES string of the molecule is CN[C@@]1(c2ccc(C(F)(F)F)cc2)CCC[C@](C)(O)C1=O.O=C(O)[C@H](O)[C@@H](O)C(=O)O. The van der Waals surface area contributed by atoms with Crippen LogP contribution in [0, 0.1) is 0 Å². The minimum atomic E-state index is -4.41. The number of carbonyl (C=O) groups is 3. The number of hydrogen-bond acceptors (Lipinski definition) is 7. The van der Waals surface area contributed by atoms with Gasteiger partial charge in [-0.2, -0.15) is 13.2 Å². The predicted octanol–water partition coefficient (Wildman–Crippen LogP) is 0.501. The van der Waals surface area contributed by atoms with Gasteiger partial charge in [0.2, 0.25) is 0 Å². The van der Waals surface area contributed by atoms with Gasteiger partial charge in [-0.3, -0.25) is 4.79 Å². The number of alkyl halides is 3. The van der Waals surface area contributed by atoms with Gasteiger partial charge in [0, 0.05) is 0 Å². The highest BCUT2D eigenvalue weighted by Gasteiger charge is 2.50. The average Bonchev–Trinajstić information content (AvgIpc) is 2.69. The molecule has 1 aromatic carbocycles. The number of likely N-dealkylation sites (N-methyl/N-ethyl adjacent to an activating group) is 1. The van der Waals surface area contributed by atoms with Crippen LogP contribution in [0.2, 0.25) is 0 Å². The quantitative estimate of drug-likeness (QED) is 0.374. The molecule has 0 saturated heterocycles. The van der Waals surface area contributed by atoms with Gasteiger partial charge < -0.3 is 30.8 Å². The maximum absolute atomic E-state index is 12.6. The molecule has 12 heteroatoms. The number of nitrogens with one attached hydrogen (secondary N) is 1. The Kier molecular flexibility index (Phi) is 8.31. The molecule has 0 unspecified atom stereocenters. The van der Waals surface area contributed by atoms with Crippen molar-refractivity contribution in [2.24, 2.45) is 0 Å². The number of carbonyl (C=O) groups excluding carboxylic acids is 1. The smallest absolute Gasteiger partial charge is 0.416 e. The largest absolute Gasteiger partial charge is 0.479 e. The summed E-state index contributed by atoms with van der Waals surface area (Å²) in [5, 5.41) is 45.6. The highest BCUT2D eigenvalue weighted by Crippen LogP contribution is 2.39. The first-order valence-corrected chi connectivity index (χ1v) is 9.06. The van der Waals surface area contributed by atoms with Crippen molar-refractivity contribution in [3.8, 4) is 0 Å². The van der Waals surface area contributed by atoms with Gasteiger partial charge in [0.15, 0.2) is 18.0 Å². The molecular formula is C19H24F3NO8. The Labute approximate surface area is 175 Å². The Morgan fingerprint density at radius 1 is 1.03 bits per heavy atom. The Balaban J connectivity index is 0.000000407. The Bertz CT molecular complexity index is 791. The van der Waals surface area contributed by atoms with Gasteiger partial charge in [0.25, 0.3) is 0 Å². The van der Waals surface area contributed by atoms with E-state index in [1.807, 2.05) is 0 Å². The molecule has 0 bridgehead atoms. The monoisotopic (exact) mass is 451 g/mol. The second kappa shape index (κ2) is 9.73. The van der Waals surface area contributed by atoms with E-state index in [0.29, 0.717) is 24.8 Å². The lowest BCUT2D eigenvalue weighted by Crippen LogP contribution is -2.59. The molecule has 1 saturated carbocycles. The molecule has 1 aliphatic rings. The van der Waals surface area contributed by atoms with Crippen molar-refractivity contribution in [1.82, 2.24) is 5.32 Å². The predicted molar refractivity (Wildman–Crippen MR) is 98.9 cm³/mol. The number of aliphatic carboxylic acids is 2. The van der Waals surface area contributed by atoms with Gasteiger partial charge in [0.05, 0.1) is 5.56 Å². The van der Waals surface area contributed by atoms with Crippen LogP contribution in [-0.2, 0) is 26.1 Å². The third-order valence-electron chi connectivity index (χ3n) is 5.03. The Morgan fingerprint density at radius 2 is 1.48 bits per heavy atom. The number of Topliss-reactive ketones (excluding diaryl/α,β-unsaturated/α-hetero) is 1. The van der Waals surface area contributed by atoms with Crippen LogP contribution in [0.15, 0.2) is 24.3 Å². The van der Waals surface area contributed by atoms with Crippen LogP contribution in [0.25, 0.3) is 0 Å². The normalized spacial score (nSPS) is 25.7. The number of ketones is 1. The summed E-state index contributed by atoms with van der Waals surface area (Å²) in [7, 11) is 1.58. The van der Waals surface area contributed by atoms with Crippen molar-refractivity contribution >= 4 is 17.7 Å². The van der Waals surface area contributed by atoms with Gasteiger partial charge in [-0.05, 0) is 50.9 Å². The van der Waals surface area contributed by atoms with Gasteiger partial charge in [0.1, 0.15) is 11.1 Å². The summed E-state index contributed by atoms with van der Waals surface area (Å²) in [5.41, 5.74) is -2.91. The molecule has 4 atom stereocenters. The molecule has 0 aliphatic heterocycles. The number of hydrogen-bond donors (Lipinski definition) is 6. The Morgan fingerprint density at radius 3 is 1.84 bits per heavy atom. The number of aliphatic hydroxyl groups excluding tert-OH is 2. The zero-order chi connectivity index (χ0) is 24.2. The van der Waals surface area contributed by atoms with Crippen LogP contribution < -0.4 is 5.32 Å². The first-order valence-electron chi connectivity index (χ1n) is 9.06. The number of rotatable bonds is 5. The fourth-order valence-corrected chi connectivity index (χ4v) is 3.26. The molecule has 174 valence electrons. The fourth-order valence-electron chi connectivity index (χ4n) is 3.26. The molecule has 1 fully saturated rings. The van der Waals surface area contributed by atoms with Crippen molar-refractivity contribution in [3.63, 3.8) is 0 Å². The summed E-state index contributed by atoms with van der Waals surface area (Å²) in [6.45, 7) is 1.45. The zero-order valence-corrected chi connectivity index (χ0v) is 16.7. The van der Waals surface area contributed by atoms with Gasteiger partial charge in [-0.1, -0.05) is 12.1 Å². The van der Waals surface area contributed by atoms with Crippen LogP contribution in [0.3, 0.4) is 0 Å². The summed E-state index contributed by atoms with van der Waals surface area (Å²) in [5.74, 6) is -3.94. The third-order valence-corrected chi connectivity index (χ3v) is 5.03. The summed E-state index contributed by atoms with van der Waals surface area (Å²) in [6, 6.07) is 4.54. The molecule has 2 rings (SSSR count). The first kappa shape index (κ1) is 26.5. The molecule has 0 radical (unpaired) electrons. The average molecular weight is 451 g/mol. The maximum atomic E-state index is 12.6. The lowest BCUT2D eigenvalue weighted by molar-refractivity contribution is -0.165. The molecule has 9 nitrogen and oxygen atoms in total. The number of halogens is 3. The maximum Gasteiger partial charge on any atom is 0.416 e. The minimum Gasteiger partial charge on any atom is -0.479 e. The van der Waals surface area contributed by atoms with Crippen LogP contribution in [0.4, 0.5) is 13.2 Å². The van der Waals surface area contributed by atoms with Crippen LogP contribution in [-0.4, -0.2) is 68.1 Å². The number of aliphatic hydroxyl groups is 3. The summed E-state index contributed by atoms with van der Waals surface area (Å²) >= 11 is 0. The van der Waals surface area contributed by atoms with E-state index in [-0.39, 0.29) is 0 Å². The van der Waals surface area contributed by atoms with Crippen molar-refractivity contribution in [3.05, 3.63) is 35.4 Å². The van der Waals surface area contributed by atoms with E-state index in [1.54, 1.807) is 7.05 Å². The van der Waals surface area contributed by atoms with E-state index >= 15 is 0 Å². The number of carboxylic acid groups (broad SMARTS) is 2. The molecule has 1 aliphatic carbocycles. The molecule has 1 aromatic rings. The van der Waals surface area contributed by atoms with Crippen molar-refractivity contribution < 1.29 is 53.1 Å². The van der Waals surface area contributed by atoms with E-state index in [1.165, 1.54) is 19.1 Å². The van der Waals surface area contributed by atoms with Crippen LogP contribution in [0.5, 0.6) is 0 Å².